The molecular formula is C25H28N2O6. The SMILES string of the molecule is COc1cccc(N2C(=O)C(c3ccc(OC)c(OC)c3)=C(N3CC(C)OC(C)C3)C2=O)c1. The number of anilines is 1. The normalized spacial score (nSPS) is 21.0. The average molecular weight is 453 g/mol. The number of nitrogens with zero attached hydrogens (tertiary/aromatic N) is 2. The highest BCUT2D eigenvalue weighted by Crippen LogP contribution is 2.39. The third-order valence-corrected chi connectivity index (χ3v) is 5.78. The Morgan fingerprint density at radius 2 is 1.55 bits per heavy atom. The number of hydrogen-bond acceptors (Lipinski definition) is 7. The van der Waals surface area contributed by atoms with E-state index in [0.29, 0.717) is 52.9 Å². The summed E-state index contributed by atoms with van der Waals surface area (Å²) in [5, 5.41) is 0. The molecule has 2 unspecified atom stereocenters. The third-order valence-electron chi connectivity index (χ3n) is 5.78. The molecule has 0 radical (unpaired) electrons. The topological polar surface area (TPSA) is 77.5 Å². The fraction of sp³-hybridized carbons (Fsp3) is 0.360. The molecule has 1 fully saturated rings. The van der Waals surface area contributed by atoms with Gasteiger partial charge in [0, 0.05) is 19.2 Å². The largest absolute Gasteiger partial charge is 0.497 e. The maximum absolute atomic E-state index is 13.8. The molecule has 8 nitrogen and oxygen atoms in total. The Kier molecular flexibility index (Phi) is 6.29. The minimum atomic E-state index is -0.401. The summed E-state index contributed by atoms with van der Waals surface area (Å²) >= 11 is 0. The van der Waals surface area contributed by atoms with Crippen LogP contribution in [0.2, 0.25) is 0 Å². The summed E-state index contributed by atoms with van der Waals surface area (Å²) in [6.07, 6.45) is -0.164. The Balaban J connectivity index is 1.86. The number of amides is 2. The highest BCUT2D eigenvalue weighted by atomic mass is 16.5. The minimum absolute atomic E-state index is 0.0818. The number of methoxy groups -OCH3 is 3. The smallest absolute Gasteiger partial charge is 0.282 e. The highest BCUT2D eigenvalue weighted by molar-refractivity contribution is 6.45. The molecule has 0 aliphatic carbocycles. The monoisotopic (exact) mass is 452 g/mol. The number of carbonyl (C=O) groups excluding carboxylic acids is 2. The van der Waals surface area contributed by atoms with E-state index in [4.69, 9.17) is 18.9 Å². The predicted octanol–water partition coefficient (Wildman–Crippen LogP) is 3.11. The molecule has 8 heteroatoms. The molecule has 2 aliphatic rings. The summed E-state index contributed by atoms with van der Waals surface area (Å²) in [6.45, 7) is 4.92. The molecule has 0 bridgehead atoms. The van der Waals surface area contributed by atoms with Crippen LogP contribution in [0.25, 0.3) is 5.57 Å². The first kappa shape index (κ1) is 22.7. The van der Waals surface area contributed by atoms with Gasteiger partial charge >= 0.3 is 0 Å². The average Bonchev–Trinajstić information content (AvgIpc) is 3.07. The Morgan fingerprint density at radius 3 is 2.18 bits per heavy atom. The molecule has 174 valence electrons. The summed E-state index contributed by atoms with van der Waals surface area (Å²) in [5.41, 5.74) is 1.71. The van der Waals surface area contributed by atoms with Gasteiger partial charge in [-0.3, -0.25) is 9.59 Å². The summed E-state index contributed by atoms with van der Waals surface area (Å²) in [7, 11) is 4.63. The maximum atomic E-state index is 13.8. The molecule has 2 heterocycles. The van der Waals surface area contributed by atoms with Crippen molar-refractivity contribution < 1.29 is 28.5 Å². The first-order valence-electron chi connectivity index (χ1n) is 10.8. The summed E-state index contributed by atoms with van der Waals surface area (Å²) in [6, 6.07) is 12.1. The van der Waals surface area contributed by atoms with Crippen molar-refractivity contribution in [3.05, 3.63) is 53.7 Å². The van der Waals surface area contributed by atoms with Gasteiger partial charge in [-0.15, -0.1) is 0 Å². The molecule has 0 spiro atoms. The van der Waals surface area contributed by atoms with Crippen LogP contribution in [0, 0.1) is 0 Å². The fourth-order valence-electron chi connectivity index (χ4n) is 4.41. The standard InChI is InChI=1S/C25H28N2O6/c1-15-13-26(14-16(2)33-15)23-22(17-9-10-20(31-4)21(11-17)32-5)24(28)27(25(23)29)18-7-6-8-19(12-18)30-3/h6-12,15-16H,13-14H2,1-5H3. The van der Waals surface area contributed by atoms with Gasteiger partial charge in [-0.2, -0.15) is 0 Å². The van der Waals surface area contributed by atoms with Crippen molar-refractivity contribution in [2.45, 2.75) is 26.1 Å². The first-order chi connectivity index (χ1) is 15.9. The second-order valence-electron chi connectivity index (χ2n) is 8.10. The summed E-state index contributed by atoms with van der Waals surface area (Å²) < 4.78 is 22.0. The molecule has 0 N–H and O–H groups in total. The molecule has 0 saturated carbocycles. The van der Waals surface area contributed by atoms with Crippen LogP contribution in [-0.4, -0.2) is 63.3 Å². The van der Waals surface area contributed by atoms with Crippen LogP contribution < -0.4 is 19.1 Å². The molecule has 2 aromatic rings. The number of rotatable bonds is 6. The molecule has 33 heavy (non-hydrogen) atoms. The first-order valence-corrected chi connectivity index (χ1v) is 10.8. The highest BCUT2D eigenvalue weighted by Gasteiger charge is 2.44. The van der Waals surface area contributed by atoms with Crippen molar-refractivity contribution in [3.8, 4) is 17.2 Å². The van der Waals surface area contributed by atoms with Crippen molar-refractivity contribution in [2.75, 3.05) is 39.3 Å². The van der Waals surface area contributed by atoms with Crippen molar-refractivity contribution in [3.63, 3.8) is 0 Å². The van der Waals surface area contributed by atoms with E-state index < -0.39 is 5.91 Å². The number of morpholine rings is 1. The minimum Gasteiger partial charge on any atom is -0.497 e. The summed E-state index contributed by atoms with van der Waals surface area (Å²) in [4.78, 5) is 30.7. The molecule has 2 amide bonds. The van der Waals surface area contributed by atoms with Gasteiger partial charge in [0.2, 0.25) is 0 Å². The molecule has 2 atom stereocenters. The Hall–Kier alpha value is -3.52. The lowest BCUT2D eigenvalue weighted by atomic mass is 10.0. The van der Waals surface area contributed by atoms with E-state index in [1.807, 2.05) is 18.7 Å². The zero-order valence-electron chi connectivity index (χ0n) is 19.5. The van der Waals surface area contributed by atoms with Crippen LogP contribution in [0.1, 0.15) is 19.4 Å². The van der Waals surface area contributed by atoms with Crippen LogP contribution in [0.4, 0.5) is 5.69 Å². The van der Waals surface area contributed by atoms with Gasteiger partial charge in [0.1, 0.15) is 11.4 Å². The molecule has 2 aliphatic heterocycles. The lowest BCUT2D eigenvalue weighted by molar-refractivity contribution is -0.121. The maximum Gasteiger partial charge on any atom is 0.282 e. The second-order valence-corrected chi connectivity index (χ2v) is 8.10. The molecular weight excluding hydrogens is 424 g/mol. The Labute approximate surface area is 193 Å². The van der Waals surface area contributed by atoms with E-state index in [0.717, 1.165) is 0 Å². The van der Waals surface area contributed by atoms with Crippen LogP contribution in [0.3, 0.4) is 0 Å². The molecule has 0 aromatic heterocycles. The fourth-order valence-corrected chi connectivity index (χ4v) is 4.41. The second kappa shape index (κ2) is 9.15. The zero-order chi connectivity index (χ0) is 23.7. The quantitative estimate of drug-likeness (QED) is 0.624. The van der Waals surface area contributed by atoms with Crippen LogP contribution in [0.15, 0.2) is 48.2 Å². The number of hydrogen-bond donors (Lipinski definition) is 0. The van der Waals surface area contributed by atoms with Gasteiger partial charge in [0.25, 0.3) is 11.8 Å². The van der Waals surface area contributed by atoms with Crippen LogP contribution in [0.5, 0.6) is 17.2 Å². The van der Waals surface area contributed by atoms with Crippen molar-refractivity contribution in [2.24, 2.45) is 0 Å². The van der Waals surface area contributed by atoms with E-state index in [1.54, 1.807) is 56.7 Å². The lowest BCUT2D eigenvalue weighted by Crippen LogP contribution is -2.47. The van der Waals surface area contributed by atoms with E-state index >= 15 is 0 Å². The van der Waals surface area contributed by atoms with E-state index in [1.165, 1.54) is 12.0 Å². The van der Waals surface area contributed by atoms with Gasteiger partial charge in [-0.1, -0.05) is 12.1 Å². The Morgan fingerprint density at radius 1 is 0.848 bits per heavy atom. The van der Waals surface area contributed by atoms with Crippen molar-refractivity contribution in [1.29, 1.82) is 0 Å². The number of ether oxygens (including phenoxy) is 4. The van der Waals surface area contributed by atoms with Gasteiger partial charge in [0.05, 0.1) is 44.8 Å². The van der Waals surface area contributed by atoms with Gasteiger partial charge in [-0.05, 0) is 43.7 Å². The van der Waals surface area contributed by atoms with Crippen molar-refractivity contribution >= 4 is 23.1 Å². The van der Waals surface area contributed by atoms with E-state index in [9.17, 15) is 9.59 Å². The van der Waals surface area contributed by atoms with Gasteiger partial charge in [0.15, 0.2) is 11.5 Å². The lowest BCUT2D eigenvalue weighted by Gasteiger charge is -2.37. The molecule has 2 aromatic carbocycles. The van der Waals surface area contributed by atoms with Gasteiger partial charge < -0.3 is 23.8 Å². The van der Waals surface area contributed by atoms with Crippen molar-refractivity contribution in [1.82, 2.24) is 4.90 Å². The number of carbonyl (C=O) groups is 2. The number of benzene rings is 2. The van der Waals surface area contributed by atoms with E-state index in [2.05, 4.69) is 0 Å². The molecule has 1 saturated heterocycles. The molecule has 4 rings (SSSR count). The zero-order valence-corrected chi connectivity index (χ0v) is 19.5. The third kappa shape index (κ3) is 4.14. The van der Waals surface area contributed by atoms with E-state index in [-0.39, 0.29) is 18.1 Å². The predicted molar refractivity (Wildman–Crippen MR) is 124 cm³/mol. The Bertz CT molecular complexity index is 1100. The van der Waals surface area contributed by atoms with Crippen LogP contribution in [-0.2, 0) is 14.3 Å². The van der Waals surface area contributed by atoms with Crippen LogP contribution >= 0.6 is 0 Å². The summed E-state index contributed by atoms with van der Waals surface area (Å²) in [5.74, 6) is 0.800. The number of imide groups is 1. The van der Waals surface area contributed by atoms with Gasteiger partial charge in [-0.25, -0.2) is 4.90 Å².